The molecule has 1 atom stereocenters. The predicted molar refractivity (Wildman–Crippen MR) is 124 cm³/mol. The number of benzene rings is 1. The first-order chi connectivity index (χ1) is 12.5. The normalized spacial score (nSPS) is 12.7. The number of rotatable bonds is 11. The Morgan fingerprint density at radius 2 is 1.81 bits per heavy atom. The van der Waals surface area contributed by atoms with Crippen LogP contribution in [0, 0.1) is 5.92 Å². The van der Waals surface area contributed by atoms with Crippen LogP contribution in [-0.2, 0) is 4.74 Å². The number of hydrogen-bond donors (Lipinski definition) is 2. The van der Waals surface area contributed by atoms with Gasteiger partial charge >= 0.3 is 0 Å². The number of nitrogens with one attached hydrogen (secondary N) is 2. The molecule has 7 heteroatoms. The van der Waals surface area contributed by atoms with Gasteiger partial charge in [-0.1, -0.05) is 26.0 Å². The first-order valence-corrected chi connectivity index (χ1v) is 9.33. The standard InChI is InChI=1S/C20H36N4O2.HI/c1-16(2)15-26-19-9-7-18(8-10-19)17(3)23-20(21-4)22-11-12-24(5)13-14-25-6;/h7-10,16-17H,11-15H2,1-6H3,(H2,21,22,23);1H. The summed E-state index contributed by atoms with van der Waals surface area (Å²) in [5.74, 6) is 2.24. The SMILES string of the molecule is CN=C(NCCN(C)CCOC)NC(C)c1ccc(OCC(C)C)cc1.I. The van der Waals surface area contributed by atoms with E-state index in [4.69, 9.17) is 9.47 Å². The first kappa shape index (κ1) is 25.9. The van der Waals surface area contributed by atoms with Gasteiger partial charge in [-0.3, -0.25) is 4.99 Å². The van der Waals surface area contributed by atoms with Crippen molar-refractivity contribution in [2.75, 3.05) is 54.1 Å². The average Bonchev–Trinajstić information content (AvgIpc) is 2.64. The summed E-state index contributed by atoms with van der Waals surface area (Å²) in [7, 11) is 5.60. The number of aliphatic imine (C=N–C) groups is 1. The Morgan fingerprint density at radius 3 is 2.37 bits per heavy atom. The topological polar surface area (TPSA) is 58.1 Å². The Kier molecular flexibility index (Phi) is 14.3. The first-order valence-electron chi connectivity index (χ1n) is 9.33. The third-order valence-electron chi connectivity index (χ3n) is 4.00. The summed E-state index contributed by atoms with van der Waals surface area (Å²) in [6, 6.07) is 8.40. The van der Waals surface area contributed by atoms with Gasteiger partial charge in [0.25, 0.3) is 0 Å². The molecule has 0 radical (unpaired) electrons. The third kappa shape index (κ3) is 11.4. The summed E-state index contributed by atoms with van der Waals surface area (Å²) in [5.41, 5.74) is 1.20. The van der Waals surface area contributed by atoms with Crippen molar-refractivity contribution in [3.63, 3.8) is 0 Å². The number of nitrogens with zero attached hydrogens (tertiary/aromatic N) is 2. The van der Waals surface area contributed by atoms with Crippen LogP contribution in [0.15, 0.2) is 29.3 Å². The van der Waals surface area contributed by atoms with E-state index in [-0.39, 0.29) is 30.0 Å². The van der Waals surface area contributed by atoms with Gasteiger partial charge in [-0.2, -0.15) is 0 Å². The summed E-state index contributed by atoms with van der Waals surface area (Å²) in [6.07, 6.45) is 0. The highest BCUT2D eigenvalue weighted by Gasteiger charge is 2.08. The summed E-state index contributed by atoms with van der Waals surface area (Å²) in [4.78, 5) is 6.53. The van der Waals surface area contributed by atoms with Gasteiger partial charge in [-0.15, -0.1) is 24.0 Å². The van der Waals surface area contributed by atoms with E-state index < -0.39 is 0 Å². The van der Waals surface area contributed by atoms with Crippen LogP contribution in [-0.4, -0.2) is 64.9 Å². The van der Waals surface area contributed by atoms with E-state index in [0.29, 0.717) is 5.92 Å². The van der Waals surface area contributed by atoms with Crippen molar-refractivity contribution in [2.24, 2.45) is 10.9 Å². The molecule has 0 aliphatic rings. The van der Waals surface area contributed by atoms with Crippen LogP contribution in [0.5, 0.6) is 5.75 Å². The van der Waals surface area contributed by atoms with Crippen molar-refractivity contribution < 1.29 is 9.47 Å². The second-order valence-corrected chi connectivity index (χ2v) is 6.93. The lowest BCUT2D eigenvalue weighted by Gasteiger charge is -2.20. The summed E-state index contributed by atoms with van der Waals surface area (Å²) >= 11 is 0. The second kappa shape index (κ2) is 14.9. The van der Waals surface area contributed by atoms with Crippen molar-refractivity contribution >= 4 is 29.9 Å². The Hall–Kier alpha value is -1.06. The molecule has 0 saturated carbocycles. The molecular formula is C20H37IN4O2. The zero-order valence-corrected chi connectivity index (χ0v) is 19.9. The molecule has 0 amide bonds. The lowest BCUT2D eigenvalue weighted by Crippen LogP contribution is -2.42. The van der Waals surface area contributed by atoms with E-state index in [0.717, 1.165) is 44.6 Å². The lowest BCUT2D eigenvalue weighted by molar-refractivity contribution is 0.162. The zero-order chi connectivity index (χ0) is 19.4. The Morgan fingerprint density at radius 1 is 1.15 bits per heavy atom. The highest BCUT2D eigenvalue weighted by atomic mass is 127. The summed E-state index contributed by atoms with van der Waals surface area (Å²) < 4.78 is 10.8. The molecule has 0 aliphatic carbocycles. The Bertz CT molecular complexity index is 523. The van der Waals surface area contributed by atoms with Gasteiger partial charge in [0.1, 0.15) is 5.75 Å². The van der Waals surface area contributed by atoms with Crippen molar-refractivity contribution in [3.05, 3.63) is 29.8 Å². The van der Waals surface area contributed by atoms with Gasteiger partial charge in [-0.25, -0.2) is 0 Å². The molecule has 0 bridgehead atoms. The summed E-state index contributed by atoms with van der Waals surface area (Å²) in [5, 5.41) is 6.78. The maximum atomic E-state index is 5.74. The fourth-order valence-corrected chi connectivity index (χ4v) is 2.32. The Balaban J connectivity index is 0.00000676. The van der Waals surface area contributed by atoms with Crippen LogP contribution in [0.25, 0.3) is 0 Å². The molecule has 1 aromatic rings. The molecule has 1 rings (SSSR count). The minimum absolute atomic E-state index is 0. The maximum Gasteiger partial charge on any atom is 0.191 e. The molecule has 0 spiro atoms. The number of methoxy groups -OCH3 is 1. The lowest BCUT2D eigenvalue weighted by atomic mass is 10.1. The quantitative estimate of drug-likeness (QED) is 0.283. The van der Waals surface area contributed by atoms with Crippen LogP contribution in [0.3, 0.4) is 0 Å². The van der Waals surface area contributed by atoms with Crippen LogP contribution >= 0.6 is 24.0 Å². The highest BCUT2D eigenvalue weighted by Crippen LogP contribution is 2.18. The molecule has 1 aromatic carbocycles. The monoisotopic (exact) mass is 492 g/mol. The molecule has 27 heavy (non-hydrogen) atoms. The number of guanidine groups is 1. The molecule has 0 heterocycles. The van der Waals surface area contributed by atoms with Crippen molar-refractivity contribution in [1.82, 2.24) is 15.5 Å². The van der Waals surface area contributed by atoms with Crippen LogP contribution in [0.4, 0.5) is 0 Å². The fraction of sp³-hybridized carbons (Fsp3) is 0.650. The number of ether oxygens (including phenoxy) is 2. The molecule has 0 saturated heterocycles. The predicted octanol–water partition coefficient (Wildman–Crippen LogP) is 3.14. The van der Waals surface area contributed by atoms with Crippen molar-refractivity contribution in [1.29, 1.82) is 0 Å². The van der Waals surface area contributed by atoms with Gasteiger partial charge in [0, 0.05) is 33.8 Å². The van der Waals surface area contributed by atoms with Gasteiger partial charge < -0.3 is 25.0 Å². The summed E-state index contributed by atoms with van der Waals surface area (Å²) in [6.45, 7) is 10.6. The number of likely N-dealkylation sites (N-methyl/N-ethyl adjacent to an activating group) is 1. The average molecular weight is 492 g/mol. The maximum absolute atomic E-state index is 5.74. The second-order valence-electron chi connectivity index (χ2n) is 6.93. The van der Waals surface area contributed by atoms with Gasteiger partial charge in [-0.05, 0) is 37.6 Å². The number of hydrogen-bond acceptors (Lipinski definition) is 4. The van der Waals surface area contributed by atoms with Crippen LogP contribution in [0.1, 0.15) is 32.4 Å². The zero-order valence-electron chi connectivity index (χ0n) is 17.6. The third-order valence-corrected chi connectivity index (χ3v) is 4.00. The molecule has 6 nitrogen and oxygen atoms in total. The van der Waals surface area contributed by atoms with Crippen LogP contribution in [0.2, 0.25) is 0 Å². The minimum Gasteiger partial charge on any atom is -0.493 e. The van der Waals surface area contributed by atoms with E-state index in [2.05, 4.69) is 60.5 Å². The molecule has 2 N–H and O–H groups in total. The Labute approximate surface area is 182 Å². The molecule has 0 aliphatic heterocycles. The van der Waals surface area contributed by atoms with E-state index >= 15 is 0 Å². The number of halogens is 1. The van der Waals surface area contributed by atoms with E-state index in [1.165, 1.54) is 5.56 Å². The van der Waals surface area contributed by atoms with Gasteiger partial charge in [0.15, 0.2) is 5.96 Å². The van der Waals surface area contributed by atoms with Gasteiger partial charge in [0.2, 0.25) is 0 Å². The van der Waals surface area contributed by atoms with Gasteiger partial charge in [0.05, 0.1) is 19.3 Å². The molecule has 1 unspecified atom stereocenters. The van der Waals surface area contributed by atoms with E-state index in [9.17, 15) is 0 Å². The smallest absolute Gasteiger partial charge is 0.191 e. The molecule has 156 valence electrons. The molecule has 0 fully saturated rings. The van der Waals surface area contributed by atoms with E-state index in [1.807, 2.05) is 12.1 Å². The van der Waals surface area contributed by atoms with E-state index in [1.54, 1.807) is 14.2 Å². The van der Waals surface area contributed by atoms with Crippen molar-refractivity contribution in [2.45, 2.75) is 26.8 Å². The largest absolute Gasteiger partial charge is 0.493 e. The molecule has 0 aromatic heterocycles. The minimum atomic E-state index is 0. The van der Waals surface area contributed by atoms with Crippen molar-refractivity contribution in [3.8, 4) is 5.75 Å². The highest BCUT2D eigenvalue weighted by molar-refractivity contribution is 14.0. The molecular weight excluding hydrogens is 455 g/mol. The van der Waals surface area contributed by atoms with Crippen LogP contribution < -0.4 is 15.4 Å². The fourth-order valence-electron chi connectivity index (χ4n) is 2.32.